The van der Waals surface area contributed by atoms with E-state index in [0.717, 1.165) is 25.4 Å². The van der Waals surface area contributed by atoms with Crippen LogP contribution in [0.5, 0.6) is 0 Å². The molecule has 25 heavy (non-hydrogen) atoms. The smallest absolute Gasteiger partial charge is 0.0701 e. The first-order chi connectivity index (χ1) is 12.4. The van der Waals surface area contributed by atoms with Gasteiger partial charge < -0.3 is 18.9 Å². The van der Waals surface area contributed by atoms with Crippen LogP contribution in [0.15, 0.2) is 0 Å². The van der Waals surface area contributed by atoms with Crippen LogP contribution in [0.2, 0.25) is 0 Å². The Labute approximate surface area is 161 Å². The zero-order chi connectivity index (χ0) is 18.3. The molecule has 0 aliphatic rings. The summed E-state index contributed by atoms with van der Waals surface area (Å²) in [5, 5.41) is 0. The molecule has 0 spiro atoms. The monoisotopic (exact) mass is 378 g/mol. The predicted molar refractivity (Wildman–Crippen MR) is 109 cm³/mol. The van der Waals surface area contributed by atoms with E-state index in [-0.39, 0.29) is 0 Å². The van der Waals surface area contributed by atoms with Gasteiger partial charge in [0.15, 0.2) is 0 Å². The SMILES string of the molecule is CCCOCCOCCOCCOCCCCCCCCCCCS. The number of rotatable bonds is 22. The van der Waals surface area contributed by atoms with Crippen molar-refractivity contribution in [1.29, 1.82) is 0 Å². The van der Waals surface area contributed by atoms with Crippen LogP contribution >= 0.6 is 12.6 Å². The van der Waals surface area contributed by atoms with Gasteiger partial charge in [0.2, 0.25) is 0 Å². The molecule has 0 amide bonds. The maximum absolute atomic E-state index is 5.58. The summed E-state index contributed by atoms with van der Waals surface area (Å²) < 4.78 is 21.8. The number of thiol groups is 1. The number of hydrogen-bond donors (Lipinski definition) is 1. The summed E-state index contributed by atoms with van der Waals surface area (Å²) in [5.74, 6) is 1.04. The van der Waals surface area contributed by atoms with Crippen molar-refractivity contribution < 1.29 is 18.9 Å². The molecule has 0 saturated heterocycles. The molecule has 0 saturated carbocycles. The van der Waals surface area contributed by atoms with Crippen molar-refractivity contribution in [3.05, 3.63) is 0 Å². The van der Waals surface area contributed by atoms with Crippen LogP contribution in [-0.2, 0) is 18.9 Å². The van der Waals surface area contributed by atoms with E-state index in [1.165, 1.54) is 57.8 Å². The van der Waals surface area contributed by atoms with E-state index in [4.69, 9.17) is 18.9 Å². The van der Waals surface area contributed by atoms with Crippen molar-refractivity contribution >= 4 is 12.6 Å². The third-order valence-corrected chi connectivity index (χ3v) is 4.23. The first kappa shape index (κ1) is 25.2. The van der Waals surface area contributed by atoms with Gasteiger partial charge in [-0.15, -0.1) is 0 Å². The second kappa shape index (κ2) is 24.2. The van der Waals surface area contributed by atoms with Crippen LogP contribution < -0.4 is 0 Å². The minimum atomic E-state index is 0.629. The third-order valence-electron chi connectivity index (χ3n) is 3.91. The number of unbranched alkanes of at least 4 members (excludes halogenated alkanes) is 8. The molecule has 152 valence electrons. The summed E-state index contributed by atoms with van der Waals surface area (Å²) in [4.78, 5) is 0. The van der Waals surface area contributed by atoms with Crippen molar-refractivity contribution in [2.45, 2.75) is 71.1 Å². The minimum Gasteiger partial charge on any atom is -0.379 e. The Hall–Kier alpha value is 0.190. The molecule has 0 bridgehead atoms. The van der Waals surface area contributed by atoms with Crippen LogP contribution in [0, 0.1) is 0 Å². The van der Waals surface area contributed by atoms with E-state index in [1.807, 2.05) is 0 Å². The first-order valence-corrected chi connectivity index (χ1v) is 11.0. The third kappa shape index (κ3) is 24.2. The fourth-order valence-electron chi connectivity index (χ4n) is 2.46. The van der Waals surface area contributed by atoms with E-state index in [2.05, 4.69) is 19.6 Å². The predicted octanol–water partition coefficient (Wildman–Crippen LogP) is 4.90. The standard InChI is InChI=1S/C20H42O4S/c1-2-12-21-14-16-23-18-19-24-17-15-22-13-10-8-6-4-3-5-7-9-11-20-25/h25H,2-20H2,1H3. The van der Waals surface area contributed by atoms with Crippen molar-refractivity contribution in [2.24, 2.45) is 0 Å². The van der Waals surface area contributed by atoms with E-state index in [1.54, 1.807) is 0 Å². The Morgan fingerprint density at radius 2 is 0.800 bits per heavy atom. The van der Waals surface area contributed by atoms with Gasteiger partial charge in [0.25, 0.3) is 0 Å². The van der Waals surface area contributed by atoms with Crippen LogP contribution in [0.3, 0.4) is 0 Å². The van der Waals surface area contributed by atoms with Crippen molar-refractivity contribution in [1.82, 2.24) is 0 Å². The molecule has 0 aromatic rings. The minimum absolute atomic E-state index is 0.629. The van der Waals surface area contributed by atoms with Crippen molar-refractivity contribution in [3.63, 3.8) is 0 Å². The lowest BCUT2D eigenvalue weighted by Crippen LogP contribution is -2.12. The largest absolute Gasteiger partial charge is 0.379 e. The molecule has 0 aromatic heterocycles. The molecule has 0 aliphatic heterocycles. The molecule has 4 nitrogen and oxygen atoms in total. The summed E-state index contributed by atoms with van der Waals surface area (Å²) >= 11 is 4.24. The topological polar surface area (TPSA) is 36.9 Å². The van der Waals surface area contributed by atoms with Gasteiger partial charge in [-0.1, -0.05) is 51.9 Å². The molecule has 0 unspecified atom stereocenters. The summed E-state index contributed by atoms with van der Waals surface area (Å²) in [7, 11) is 0. The number of hydrogen-bond acceptors (Lipinski definition) is 5. The van der Waals surface area contributed by atoms with E-state index >= 15 is 0 Å². The van der Waals surface area contributed by atoms with Crippen LogP contribution in [-0.4, -0.2) is 58.6 Å². The second-order valence-corrected chi connectivity index (χ2v) is 6.80. The maximum Gasteiger partial charge on any atom is 0.0701 e. The van der Waals surface area contributed by atoms with Gasteiger partial charge >= 0.3 is 0 Å². The highest BCUT2D eigenvalue weighted by atomic mass is 32.1. The normalized spacial score (nSPS) is 11.3. The lowest BCUT2D eigenvalue weighted by atomic mass is 10.1. The lowest BCUT2D eigenvalue weighted by molar-refractivity contribution is -0.00206. The molecule has 0 radical (unpaired) electrons. The molecule has 0 fully saturated rings. The molecule has 0 aliphatic carbocycles. The maximum atomic E-state index is 5.58. The van der Waals surface area contributed by atoms with Gasteiger partial charge in [0.1, 0.15) is 0 Å². The highest BCUT2D eigenvalue weighted by molar-refractivity contribution is 7.80. The molecular formula is C20H42O4S. The number of ether oxygens (including phenoxy) is 4. The fraction of sp³-hybridized carbons (Fsp3) is 1.00. The van der Waals surface area contributed by atoms with Gasteiger partial charge in [0.05, 0.1) is 39.6 Å². The van der Waals surface area contributed by atoms with Crippen LogP contribution in [0.25, 0.3) is 0 Å². The Kier molecular flexibility index (Phi) is 24.4. The van der Waals surface area contributed by atoms with Crippen molar-refractivity contribution in [2.75, 3.05) is 58.6 Å². The highest BCUT2D eigenvalue weighted by Crippen LogP contribution is 2.09. The van der Waals surface area contributed by atoms with E-state index < -0.39 is 0 Å². The lowest BCUT2D eigenvalue weighted by Gasteiger charge is -2.07. The molecule has 0 heterocycles. The average Bonchev–Trinajstić information content (AvgIpc) is 2.63. The summed E-state index contributed by atoms with van der Waals surface area (Å²) in [6.45, 7) is 7.69. The van der Waals surface area contributed by atoms with Gasteiger partial charge in [-0.2, -0.15) is 12.6 Å². The molecule has 0 atom stereocenters. The van der Waals surface area contributed by atoms with Gasteiger partial charge in [-0.05, 0) is 25.0 Å². The van der Waals surface area contributed by atoms with E-state index in [9.17, 15) is 0 Å². The molecular weight excluding hydrogens is 336 g/mol. The second-order valence-electron chi connectivity index (χ2n) is 6.36. The zero-order valence-corrected chi connectivity index (χ0v) is 17.4. The molecule has 0 rings (SSSR count). The zero-order valence-electron chi connectivity index (χ0n) is 16.5. The Bertz CT molecular complexity index is 208. The van der Waals surface area contributed by atoms with Gasteiger partial charge in [0, 0.05) is 13.2 Å². The first-order valence-electron chi connectivity index (χ1n) is 10.3. The van der Waals surface area contributed by atoms with Gasteiger partial charge in [-0.3, -0.25) is 0 Å². The summed E-state index contributed by atoms with van der Waals surface area (Å²) in [6.07, 6.45) is 13.0. The Balaban J connectivity index is 2.94. The average molecular weight is 379 g/mol. The summed E-state index contributed by atoms with van der Waals surface area (Å²) in [6, 6.07) is 0. The molecule has 5 heteroatoms. The van der Waals surface area contributed by atoms with Gasteiger partial charge in [-0.25, -0.2) is 0 Å². The Morgan fingerprint density at radius 1 is 0.440 bits per heavy atom. The van der Waals surface area contributed by atoms with Crippen LogP contribution in [0.4, 0.5) is 0 Å². The Morgan fingerprint density at radius 3 is 1.24 bits per heavy atom. The fourth-order valence-corrected chi connectivity index (χ4v) is 2.68. The quantitative estimate of drug-likeness (QED) is 0.215. The highest BCUT2D eigenvalue weighted by Gasteiger charge is 1.94. The van der Waals surface area contributed by atoms with Crippen molar-refractivity contribution in [3.8, 4) is 0 Å². The van der Waals surface area contributed by atoms with E-state index in [0.29, 0.717) is 39.6 Å². The molecule has 0 aromatic carbocycles. The summed E-state index contributed by atoms with van der Waals surface area (Å²) in [5.41, 5.74) is 0. The van der Waals surface area contributed by atoms with Crippen LogP contribution in [0.1, 0.15) is 71.1 Å². The molecule has 0 N–H and O–H groups in total.